The van der Waals surface area contributed by atoms with Gasteiger partial charge in [-0.15, -0.1) is 0 Å². The summed E-state index contributed by atoms with van der Waals surface area (Å²) in [4.78, 5) is 8.85. The Morgan fingerprint density at radius 2 is 2.00 bits per heavy atom. The van der Waals surface area contributed by atoms with Gasteiger partial charge in [-0.2, -0.15) is 4.98 Å². The molecular formula is C16H21ClN4O2. The first-order chi connectivity index (χ1) is 11.1. The number of aryl methyl sites for hydroxylation is 1. The molecule has 23 heavy (non-hydrogen) atoms. The predicted molar refractivity (Wildman–Crippen MR) is 93.0 cm³/mol. The molecule has 6 nitrogen and oxygen atoms in total. The molecule has 2 rings (SSSR count). The highest BCUT2D eigenvalue weighted by Gasteiger charge is 2.08. The second-order valence-corrected chi connectivity index (χ2v) is 5.40. The molecule has 0 bridgehead atoms. The molecule has 0 aliphatic rings. The molecule has 2 aromatic rings. The molecule has 0 fully saturated rings. The number of rotatable bonds is 8. The van der Waals surface area contributed by atoms with E-state index >= 15 is 0 Å². The number of ether oxygens (including phenoxy) is 2. The van der Waals surface area contributed by atoms with Crippen LogP contribution in [0.5, 0.6) is 5.75 Å². The van der Waals surface area contributed by atoms with Crippen molar-refractivity contribution in [2.75, 3.05) is 38.0 Å². The molecule has 0 spiro atoms. The topological polar surface area (TPSA) is 68.3 Å². The van der Waals surface area contributed by atoms with Crippen LogP contribution in [0.1, 0.15) is 12.1 Å². The van der Waals surface area contributed by atoms with Crippen LogP contribution in [0.3, 0.4) is 0 Å². The lowest BCUT2D eigenvalue weighted by molar-refractivity contribution is 0.198. The largest absolute Gasteiger partial charge is 0.495 e. The summed E-state index contributed by atoms with van der Waals surface area (Å²) in [5, 5.41) is 7.02. The summed E-state index contributed by atoms with van der Waals surface area (Å²) < 4.78 is 10.4. The zero-order chi connectivity index (χ0) is 16.7. The van der Waals surface area contributed by atoms with Crippen LogP contribution in [0.4, 0.5) is 17.5 Å². The summed E-state index contributed by atoms with van der Waals surface area (Å²) >= 11 is 6.04. The number of hydrogen-bond donors (Lipinski definition) is 2. The molecule has 0 saturated carbocycles. The average molecular weight is 337 g/mol. The van der Waals surface area contributed by atoms with Crippen molar-refractivity contribution in [3.63, 3.8) is 0 Å². The highest BCUT2D eigenvalue weighted by molar-refractivity contribution is 6.30. The molecular weight excluding hydrogens is 316 g/mol. The molecule has 0 aliphatic heterocycles. The van der Waals surface area contributed by atoms with Gasteiger partial charge in [0.1, 0.15) is 11.6 Å². The second kappa shape index (κ2) is 8.55. The van der Waals surface area contributed by atoms with Crippen molar-refractivity contribution in [1.82, 2.24) is 9.97 Å². The third-order valence-corrected chi connectivity index (χ3v) is 3.33. The van der Waals surface area contributed by atoms with Crippen molar-refractivity contribution in [1.29, 1.82) is 0 Å². The van der Waals surface area contributed by atoms with Crippen molar-refractivity contribution in [2.45, 2.75) is 13.3 Å². The van der Waals surface area contributed by atoms with Crippen LogP contribution in [-0.4, -0.2) is 37.3 Å². The van der Waals surface area contributed by atoms with Gasteiger partial charge in [-0.1, -0.05) is 11.6 Å². The van der Waals surface area contributed by atoms with Gasteiger partial charge in [-0.05, 0) is 31.5 Å². The van der Waals surface area contributed by atoms with Crippen molar-refractivity contribution in [3.8, 4) is 5.75 Å². The van der Waals surface area contributed by atoms with E-state index in [1.807, 2.05) is 13.0 Å². The first-order valence-electron chi connectivity index (χ1n) is 7.31. The summed E-state index contributed by atoms with van der Waals surface area (Å²) in [6.45, 7) is 3.41. The number of methoxy groups -OCH3 is 2. The van der Waals surface area contributed by atoms with Crippen molar-refractivity contribution < 1.29 is 9.47 Å². The maximum atomic E-state index is 6.04. The van der Waals surface area contributed by atoms with E-state index in [0.717, 1.165) is 30.2 Å². The summed E-state index contributed by atoms with van der Waals surface area (Å²) in [5.41, 5.74) is 1.58. The van der Waals surface area contributed by atoms with Crippen molar-refractivity contribution >= 4 is 29.1 Å². The van der Waals surface area contributed by atoms with E-state index in [2.05, 4.69) is 20.6 Å². The molecule has 0 amide bonds. The Kier molecular flexibility index (Phi) is 6.43. The Morgan fingerprint density at radius 1 is 1.17 bits per heavy atom. The number of nitrogens with zero attached hydrogens (tertiary/aromatic N) is 2. The van der Waals surface area contributed by atoms with E-state index in [4.69, 9.17) is 21.1 Å². The van der Waals surface area contributed by atoms with Gasteiger partial charge in [0, 0.05) is 37.0 Å². The number of anilines is 3. The fraction of sp³-hybridized carbons (Fsp3) is 0.375. The van der Waals surface area contributed by atoms with E-state index in [0.29, 0.717) is 23.3 Å². The number of nitrogens with one attached hydrogen (secondary N) is 2. The Labute approximate surface area is 141 Å². The second-order valence-electron chi connectivity index (χ2n) is 4.96. The fourth-order valence-corrected chi connectivity index (χ4v) is 2.22. The number of hydrogen-bond acceptors (Lipinski definition) is 6. The monoisotopic (exact) mass is 336 g/mol. The Hall–Kier alpha value is -2.05. The normalized spacial score (nSPS) is 10.4. The highest BCUT2D eigenvalue weighted by atomic mass is 35.5. The zero-order valence-electron chi connectivity index (χ0n) is 13.5. The molecule has 0 saturated heterocycles. The number of aromatic nitrogens is 2. The lowest BCUT2D eigenvalue weighted by atomic mass is 10.3. The van der Waals surface area contributed by atoms with Crippen LogP contribution in [-0.2, 0) is 4.74 Å². The SMILES string of the molecule is COCCCNc1cc(C)nc(Nc2cc(Cl)ccc2OC)n1. The molecule has 0 atom stereocenters. The van der Waals surface area contributed by atoms with Crippen LogP contribution < -0.4 is 15.4 Å². The molecule has 1 heterocycles. The van der Waals surface area contributed by atoms with Gasteiger partial charge in [-0.3, -0.25) is 0 Å². The molecule has 124 valence electrons. The van der Waals surface area contributed by atoms with Crippen LogP contribution in [0, 0.1) is 6.92 Å². The van der Waals surface area contributed by atoms with Gasteiger partial charge in [0.15, 0.2) is 0 Å². The van der Waals surface area contributed by atoms with Gasteiger partial charge < -0.3 is 20.1 Å². The first kappa shape index (κ1) is 17.3. The van der Waals surface area contributed by atoms with E-state index in [-0.39, 0.29) is 0 Å². The standard InChI is InChI=1S/C16H21ClN4O2/c1-11-9-15(18-7-4-8-22-2)21-16(19-11)20-13-10-12(17)5-6-14(13)23-3/h5-6,9-10H,4,7-8H2,1-3H3,(H2,18,19,20,21). The molecule has 2 N–H and O–H groups in total. The quantitative estimate of drug-likeness (QED) is 0.717. The Balaban J connectivity index is 2.13. The highest BCUT2D eigenvalue weighted by Crippen LogP contribution is 2.29. The first-order valence-corrected chi connectivity index (χ1v) is 7.69. The van der Waals surface area contributed by atoms with Gasteiger partial charge in [0.25, 0.3) is 0 Å². The van der Waals surface area contributed by atoms with Crippen LogP contribution in [0.2, 0.25) is 5.02 Å². The van der Waals surface area contributed by atoms with E-state index < -0.39 is 0 Å². The number of benzene rings is 1. The maximum absolute atomic E-state index is 6.04. The molecule has 1 aromatic carbocycles. The summed E-state index contributed by atoms with van der Waals surface area (Å²) in [7, 11) is 3.30. The van der Waals surface area contributed by atoms with Gasteiger partial charge in [0.05, 0.1) is 12.8 Å². The third kappa shape index (κ3) is 5.26. The summed E-state index contributed by atoms with van der Waals surface area (Å²) in [5.74, 6) is 1.92. The van der Waals surface area contributed by atoms with Crippen LogP contribution in [0.15, 0.2) is 24.3 Å². The van der Waals surface area contributed by atoms with E-state index in [9.17, 15) is 0 Å². The van der Waals surface area contributed by atoms with Crippen molar-refractivity contribution in [3.05, 3.63) is 35.0 Å². The maximum Gasteiger partial charge on any atom is 0.229 e. The minimum Gasteiger partial charge on any atom is -0.495 e. The van der Waals surface area contributed by atoms with Gasteiger partial charge in [-0.25, -0.2) is 4.98 Å². The van der Waals surface area contributed by atoms with E-state index in [1.54, 1.807) is 32.4 Å². The smallest absolute Gasteiger partial charge is 0.229 e. The average Bonchev–Trinajstić information content (AvgIpc) is 2.51. The minimum atomic E-state index is 0.486. The van der Waals surface area contributed by atoms with Crippen LogP contribution in [0.25, 0.3) is 0 Å². The molecule has 0 radical (unpaired) electrons. The van der Waals surface area contributed by atoms with Crippen LogP contribution >= 0.6 is 11.6 Å². The zero-order valence-corrected chi connectivity index (χ0v) is 14.3. The lowest BCUT2D eigenvalue weighted by Crippen LogP contribution is -2.08. The lowest BCUT2D eigenvalue weighted by Gasteiger charge is -2.12. The predicted octanol–water partition coefficient (Wildman–Crippen LogP) is 3.64. The third-order valence-electron chi connectivity index (χ3n) is 3.09. The molecule has 1 aromatic heterocycles. The van der Waals surface area contributed by atoms with E-state index in [1.165, 1.54) is 0 Å². The van der Waals surface area contributed by atoms with Gasteiger partial charge >= 0.3 is 0 Å². The Morgan fingerprint density at radius 3 is 2.74 bits per heavy atom. The minimum absolute atomic E-state index is 0.486. The summed E-state index contributed by atoms with van der Waals surface area (Å²) in [6.07, 6.45) is 0.907. The Bertz CT molecular complexity index is 652. The molecule has 0 unspecified atom stereocenters. The van der Waals surface area contributed by atoms with Gasteiger partial charge in [0.2, 0.25) is 5.95 Å². The summed E-state index contributed by atoms with van der Waals surface area (Å²) in [6, 6.07) is 7.24. The van der Waals surface area contributed by atoms with Crippen molar-refractivity contribution in [2.24, 2.45) is 0 Å². The number of halogens is 1. The fourth-order valence-electron chi connectivity index (χ4n) is 2.05. The molecule has 0 aliphatic carbocycles. The molecule has 7 heteroatoms.